The SMILES string of the molecule is CCOC1C(C)(C)C2CCCC2C1(C)C.CCOC1C(C)(C)CCC2(CCCCC2)C1(C)C.CCOC1C2(CCCCC2)CCC12CCCCC2.CCOC1C2CC(CC23CCCCC3)C1(C)C.CCOC1C2CC(CC23CCCCC3)C12CCCC2.CCOCC1(C)CCCCCC1.CCOCC1(C)CCCCCCC1. The second kappa shape index (κ2) is 41.3. The van der Waals surface area contributed by atoms with Crippen LogP contribution in [-0.4, -0.2) is 90.0 Å². The fraction of sp³-hybridized carbons (Fsp3) is 1.00. The molecule has 0 amide bonds. The highest BCUT2D eigenvalue weighted by Crippen LogP contribution is 2.73. The predicted molar refractivity (Wildman–Crippen MR) is 475 cm³/mol. The lowest BCUT2D eigenvalue weighted by molar-refractivity contribution is -0.188. The van der Waals surface area contributed by atoms with Gasteiger partial charge in [0.1, 0.15) is 0 Å². The molecule has 654 valence electrons. The molecule has 9 unspecified atom stereocenters. The van der Waals surface area contributed by atoms with Crippen LogP contribution in [0.25, 0.3) is 0 Å². The molecule has 0 heterocycles. The second-order valence-electron chi connectivity index (χ2n) is 46.1. The lowest BCUT2D eigenvalue weighted by Gasteiger charge is -2.61. The molecule has 16 saturated carbocycles. The van der Waals surface area contributed by atoms with Crippen LogP contribution < -0.4 is 0 Å². The van der Waals surface area contributed by atoms with Gasteiger partial charge in [-0.05, 0) is 321 Å². The minimum atomic E-state index is 0.325. The highest BCUT2D eigenvalue weighted by atomic mass is 16.5. The van der Waals surface area contributed by atoms with E-state index in [4.69, 9.17) is 33.2 Å². The molecular formula is C105H192O7. The van der Waals surface area contributed by atoms with Crippen molar-refractivity contribution in [3.63, 3.8) is 0 Å². The number of ether oxygens (including phenoxy) is 7. The van der Waals surface area contributed by atoms with Crippen LogP contribution in [0, 0.1) is 106 Å². The molecule has 16 aliphatic rings. The number of fused-ring (bicyclic) bond motifs is 8. The van der Waals surface area contributed by atoms with Crippen LogP contribution in [0.15, 0.2) is 0 Å². The summed E-state index contributed by atoms with van der Waals surface area (Å²) in [6.45, 7) is 52.3. The molecule has 0 aromatic rings. The lowest BCUT2D eigenvalue weighted by atomic mass is 9.47. The van der Waals surface area contributed by atoms with Crippen LogP contribution in [-0.2, 0) is 33.2 Å². The zero-order valence-electron chi connectivity index (χ0n) is 78.5. The van der Waals surface area contributed by atoms with E-state index in [1.807, 2.05) is 0 Å². The molecule has 7 nitrogen and oxygen atoms in total. The summed E-state index contributed by atoms with van der Waals surface area (Å²) in [4.78, 5) is 0. The highest BCUT2D eigenvalue weighted by molar-refractivity contribution is 5.18. The largest absolute Gasteiger partial charge is 0.381 e. The Morgan fingerprint density at radius 3 is 0.991 bits per heavy atom. The third-order valence-electron chi connectivity index (χ3n) is 37.5. The molecule has 6 spiro atoms. The Labute approximate surface area is 696 Å². The first-order chi connectivity index (χ1) is 53.5. The summed E-state index contributed by atoms with van der Waals surface area (Å²) in [7, 11) is 0. The van der Waals surface area contributed by atoms with Crippen molar-refractivity contribution in [3.05, 3.63) is 0 Å². The van der Waals surface area contributed by atoms with Crippen LogP contribution in [0.5, 0.6) is 0 Å². The fourth-order valence-electron chi connectivity index (χ4n) is 31.7. The minimum absolute atomic E-state index is 0.325. The van der Waals surface area contributed by atoms with Crippen LogP contribution in [0.1, 0.15) is 472 Å². The van der Waals surface area contributed by atoms with Crippen molar-refractivity contribution in [3.8, 4) is 0 Å². The molecule has 16 aliphatic carbocycles. The molecule has 0 N–H and O–H groups in total. The lowest BCUT2D eigenvalue weighted by Crippen LogP contribution is -2.57. The average molecular weight is 1570 g/mol. The third kappa shape index (κ3) is 20.8. The smallest absolute Gasteiger partial charge is 0.0687 e. The van der Waals surface area contributed by atoms with Gasteiger partial charge in [0, 0.05) is 46.2 Å². The molecule has 4 bridgehead atoms. The summed E-state index contributed by atoms with van der Waals surface area (Å²) >= 11 is 0. The van der Waals surface area contributed by atoms with Gasteiger partial charge >= 0.3 is 0 Å². The number of hydrogen-bond acceptors (Lipinski definition) is 7. The molecule has 0 saturated heterocycles. The van der Waals surface area contributed by atoms with Crippen molar-refractivity contribution < 1.29 is 33.2 Å². The van der Waals surface area contributed by atoms with Gasteiger partial charge in [0.25, 0.3) is 0 Å². The minimum Gasteiger partial charge on any atom is -0.381 e. The van der Waals surface area contributed by atoms with E-state index in [0.29, 0.717) is 95.5 Å². The monoisotopic (exact) mass is 1570 g/mol. The maximum Gasteiger partial charge on any atom is 0.0687 e. The Hall–Kier alpha value is -0.280. The van der Waals surface area contributed by atoms with E-state index in [9.17, 15) is 0 Å². The van der Waals surface area contributed by atoms with Gasteiger partial charge in [0.05, 0.1) is 43.7 Å². The molecule has 0 aromatic heterocycles. The van der Waals surface area contributed by atoms with Gasteiger partial charge in [-0.1, -0.05) is 256 Å². The first-order valence-corrected chi connectivity index (χ1v) is 50.8. The van der Waals surface area contributed by atoms with Crippen molar-refractivity contribution in [2.24, 2.45) is 106 Å². The Morgan fingerprint density at radius 1 is 0.250 bits per heavy atom. The van der Waals surface area contributed by atoms with Crippen molar-refractivity contribution >= 4 is 0 Å². The highest BCUT2D eigenvalue weighted by Gasteiger charge is 2.68. The van der Waals surface area contributed by atoms with E-state index in [1.165, 1.54) is 334 Å². The van der Waals surface area contributed by atoms with Crippen LogP contribution in [0.3, 0.4) is 0 Å². The first kappa shape index (κ1) is 94.0. The second-order valence-corrected chi connectivity index (χ2v) is 46.1. The van der Waals surface area contributed by atoms with E-state index in [2.05, 4.69) is 132 Å². The van der Waals surface area contributed by atoms with E-state index in [1.54, 1.807) is 6.42 Å². The van der Waals surface area contributed by atoms with Gasteiger partial charge in [-0.25, -0.2) is 0 Å². The molecule has 0 radical (unpaired) electrons. The van der Waals surface area contributed by atoms with E-state index in [0.717, 1.165) is 100 Å². The fourth-order valence-corrected chi connectivity index (χ4v) is 31.7. The normalized spacial score (nSPS) is 34.8. The third-order valence-corrected chi connectivity index (χ3v) is 37.5. The molecule has 7 heteroatoms. The molecule has 9 atom stereocenters. The number of hydrogen-bond donors (Lipinski definition) is 0. The summed E-state index contributed by atoms with van der Waals surface area (Å²) < 4.78 is 42.4. The maximum atomic E-state index is 6.40. The Balaban J connectivity index is 0.000000139. The Morgan fingerprint density at radius 2 is 0.580 bits per heavy atom. The van der Waals surface area contributed by atoms with Crippen molar-refractivity contribution in [1.82, 2.24) is 0 Å². The van der Waals surface area contributed by atoms with Gasteiger partial charge in [0.15, 0.2) is 0 Å². The van der Waals surface area contributed by atoms with Crippen LogP contribution in [0.4, 0.5) is 0 Å². The summed E-state index contributed by atoms with van der Waals surface area (Å²) in [6.07, 6.45) is 79.6. The molecule has 112 heavy (non-hydrogen) atoms. The molecule has 0 aromatic carbocycles. The quantitative estimate of drug-likeness (QED) is 0.143. The Kier molecular flexibility index (Phi) is 34.6. The van der Waals surface area contributed by atoms with Crippen LogP contribution >= 0.6 is 0 Å². The van der Waals surface area contributed by atoms with Gasteiger partial charge in [0.2, 0.25) is 0 Å². The molecular weight excluding hydrogens is 1370 g/mol. The first-order valence-electron chi connectivity index (χ1n) is 50.8. The zero-order valence-corrected chi connectivity index (χ0v) is 78.5. The predicted octanol–water partition coefficient (Wildman–Crippen LogP) is 30.7. The van der Waals surface area contributed by atoms with Crippen LogP contribution in [0.2, 0.25) is 0 Å². The van der Waals surface area contributed by atoms with Crippen molar-refractivity contribution in [2.45, 2.75) is 502 Å². The van der Waals surface area contributed by atoms with Crippen molar-refractivity contribution in [1.29, 1.82) is 0 Å². The average Bonchev–Trinajstić information content (AvgIpc) is 1.49. The molecule has 16 rings (SSSR count). The maximum absolute atomic E-state index is 6.40. The van der Waals surface area contributed by atoms with E-state index in [-0.39, 0.29) is 0 Å². The van der Waals surface area contributed by atoms with Gasteiger partial charge < -0.3 is 33.2 Å². The van der Waals surface area contributed by atoms with Gasteiger partial charge in [-0.15, -0.1) is 0 Å². The summed E-state index contributed by atoms with van der Waals surface area (Å²) in [5.74, 6) is 5.54. The summed E-state index contributed by atoms with van der Waals surface area (Å²) in [5, 5.41) is 0. The van der Waals surface area contributed by atoms with Gasteiger partial charge in [-0.2, -0.15) is 0 Å². The standard InChI is InChI=1S/C18H30O.C17H30O.C17H32O.C16H28O.C14H26O.C12H24O.C11H22O/c1-2-19-16-15-12-14(18(16)10-6-7-11-18)13-17(15)8-4-3-5-9-17;1-2-18-15-16(9-5-3-6-10-16)13-14-17(15)11-7-4-8-12-17;1-6-18-14-15(2,3)12-13-17(16(14,4)5)10-8-7-9-11-17;1-4-17-14-13-10-12(15(14,2)3)11-16(13)8-6-5-7-9-16;1-6-15-12-13(2,3)10-8-7-9-11(10)14(12,4)5;1-3-13-11-12(2)9-7-5-4-6-8-10-12;1-3-12-10-11(2)8-6-4-5-7-9-11/h14-16H,2-13H2,1H3;15H,2-14H2,1H3;14H,6-13H2,1-5H3;12-14H,4-11H2,1-3H3;10-12H,6-9H2,1-5H3;3-11H2,1-2H3;3-10H2,1-2H3. The topological polar surface area (TPSA) is 64.6 Å². The van der Waals surface area contributed by atoms with Gasteiger partial charge in [-0.3, -0.25) is 0 Å². The van der Waals surface area contributed by atoms with Crippen molar-refractivity contribution in [2.75, 3.05) is 59.5 Å². The summed E-state index contributed by atoms with van der Waals surface area (Å²) in [5.41, 5.74) is 6.59. The van der Waals surface area contributed by atoms with E-state index >= 15 is 0 Å². The molecule has 16 fully saturated rings. The Bertz CT molecular complexity index is 2590. The molecule has 0 aliphatic heterocycles. The van der Waals surface area contributed by atoms with E-state index < -0.39 is 0 Å². The zero-order chi connectivity index (χ0) is 80.6. The number of rotatable bonds is 16. The summed E-state index contributed by atoms with van der Waals surface area (Å²) in [6, 6.07) is 0.